The van der Waals surface area contributed by atoms with Gasteiger partial charge in [-0.2, -0.15) is 0 Å². The second-order valence-corrected chi connectivity index (χ2v) is 7.31. The van der Waals surface area contributed by atoms with Crippen LogP contribution < -0.4 is 5.32 Å². The molecule has 3 heteroatoms. The van der Waals surface area contributed by atoms with Crippen LogP contribution in [0.5, 0.6) is 0 Å². The smallest absolute Gasteiger partial charge is 0.333 e. The Hall–Kier alpha value is -0.830. The lowest BCUT2D eigenvalue weighted by molar-refractivity contribution is -0.138. The fourth-order valence-corrected chi connectivity index (χ4v) is 2.62. The molecule has 0 aliphatic heterocycles. The van der Waals surface area contributed by atoms with Gasteiger partial charge in [-0.15, -0.1) is 0 Å². The van der Waals surface area contributed by atoms with E-state index in [4.69, 9.17) is 4.74 Å². The van der Waals surface area contributed by atoms with E-state index in [1.165, 1.54) is 57.8 Å². The Balaban J connectivity index is 3.50. The van der Waals surface area contributed by atoms with Crippen LogP contribution in [0.4, 0.5) is 0 Å². The second kappa shape index (κ2) is 13.6. The van der Waals surface area contributed by atoms with Crippen molar-refractivity contribution >= 4 is 5.97 Å². The Morgan fingerprint density at radius 2 is 1.52 bits per heavy atom. The number of hydrogen-bond donors (Lipinski definition) is 1. The average Bonchev–Trinajstić information content (AvgIpc) is 2.49. The molecule has 136 valence electrons. The quantitative estimate of drug-likeness (QED) is 0.249. The maximum Gasteiger partial charge on any atom is 0.333 e. The van der Waals surface area contributed by atoms with Crippen LogP contribution >= 0.6 is 0 Å². The molecular weight excluding hydrogens is 286 g/mol. The van der Waals surface area contributed by atoms with E-state index < -0.39 is 0 Å². The molecule has 0 aliphatic carbocycles. The van der Waals surface area contributed by atoms with Crippen LogP contribution in [0.25, 0.3) is 0 Å². The first-order chi connectivity index (χ1) is 10.9. The summed E-state index contributed by atoms with van der Waals surface area (Å²) < 4.78 is 5.10. The molecule has 0 saturated heterocycles. The van der Waals surface area contributed by atoms with Gasteiger partial charge in [0.25, 0.3) is 0 Å². The molecule has 1 N–H and O–H groups in total. The second-order valence-electron chi connectivity index (χ2n) is 7.31. The van der Waals surface area contributed by atoms with Crippen molar-refractivity contribution in [3.8, 4) is 0 Å². The van der Waals surface area contributed by atoms with E-state index in [9.17, 15) is 4.79 Å². The van der Waals surface area contributed by atoms with Crippen molar-refractivity contribution in [2.75, 3.05) is 13.2 Å². The first-order valence-electron chi connectivity index (χ1n) is 9.46. The maximum atomic E-state index is 11.3. The lowest BCUT2D eigenvalue weighted by Gasteiger charge is -2.26. The molecule has 0 aliphatic rings. The highest BCUT2D eigenvalue weighted by molar-refractivity contribution is 5.86. The highest BCUT2D eigenvalue weighted by Gasteiger charge is 2.16. The molecule has 0 heterocycles. The van der Waals surface area contributed by atoms with E-state index in [1.54, 1.807) is 6.92 Å². The summed E-state index contributed by atoms with van der Waals surface area (Å²) in [6, 6.07) is 0. The van der Waals surface area contributed by atoms with Gasteiger partial charge in [-0.25, -0.2) is 4.79 Å². The third-order valence-electron chi connectivity index (χ3n) is 4.19. The Labute approximate surface area is 144 Å². The van der Waals surface area contributed by atoms with E-state index in [1.807, 2.05) is 0 Å². The van der Waals surface area contributed by atoms with Crippen molar-refractivity contribution in [2.24, 2.45) is 0 Å². The molecule has 23 heavy (non-hydrogen) atoms. The van der Waals surface area contributed by atoms with Crippen molar-refractivity contribution in [3.05, 3.63) is 12.2 Å². The number of carbonyl (C=O) groups is 1. The molecule has 0 aromatic rings. The maximum absolute atomic E-state index is 11.3. The number of unbranched alkanes of at least 4 members (excludes halogenated alkanes) is 8. The summed E-state index contributed by atoms with van der Waals surface area (Å²) in [5.41, 5.74) is 0.565. The van der Waals surface area contributed by atoms with Crippen molar-refractivity contribution in [1.82, 2.24) is 5.32 Å². The van der Waals surface area contributed by atoms with Crippen LogP contribution in [0, 0.1) is 0 Å². The number of carbonyl (C=O) groups excluding carboxylic acids is 1. The van der Waals surface area contributed by atoms with Gasteiger partial charge >= 0.3 is 5.97 Å². The molecule has 0 bridgehead atoms. The molecule has 0 saturated carbocycles. The van der Waals surface area contributed by atoms with Crippen LogP contribution in [0.15, 0.2) is 12.2 Å². The topological polar surface area (TPSA) is 38.3 Å². The fraction of sp³-hybridized carbons (Fsp3) is 0.850. The highest BCUT2D eigenvalue weighted by Crippen LogP contribution is 2.16. The first-order valence-corrected chi connectivity index (χ1v) is 9.46. The number of esters is 1. The number of nitrogens with one attached hydrogen (secondary N) is 1. The zero-order valence-electron chi connectivity index (χ0n) is 16.0. The van der Waals surface area contributed by atoms with Crippen LogP contribution in [0.1, 0.15) is 91.9 Å². The summed E-state index contributed by atoms with van der Waals surface area (Å²) in [5, 5.41) is 3.47. The van der Waals surface area contributed by atoms with E-state index in [-0.39, 0.29) is 11.5 Å². The van der Waals surface area contributed by atoms with Crippen LogP contribution in [0.3, 0.4) is 0 Å². The third kappa shape index (κ3) is 14.5. The lowest BCUT2D eigenvalue weighted by atomic mass is 9.96. The Kier molecular flexibility index (Phi) is 13.1. The normalized spacial score (nSPS) is 11.5. The molecule has 0 aromatic carbocycles. The third-order valence-corrected chi connectivity index (χ3v) is 4.19. The van der Waals surface area contributed by atoms with Crippen molar-refractivity contribution in [3.63, 3.8) is 0 Å². The monoisotopic (exact) mass is 325 g/mol. The van der Waals surface area contributed by atoms with Gasteiger partial charge in [-0.3, -0.25) is 0 Å². The van der Waals surface area contributed by atoms with E-state index in [2.05, 4.69) is 32.7 Å². The Morgan fingerprint density at radius 3 is 2.04 bits per heavy atom. The van der Waals surface area contributed by atoms with Gasteiger partial charge in [0, 0.05) is 17.7 Å². The van der Waals surface area contributed by atoms with Crippen LogP contribution in [-0.2, 0) is 9.53 Å². The zero-order valence-corrected chi connectivity index (χ0v) is 16.0. The van der Waals surface area contributed by atoms with Crippen molar-refractivity contribution in [2.45, 2.75) is 97.4 Å². The van der Waals surface area contributed by atoms with Gasteiger partial charge in [0.1, 0.15) is 6.61 Å². The van der Waals surface area contributed by atoms with Crippen molar-refractivity contribution < 1.29 is 9.53 Å². The van der Waals surface area contributed by atoms with Gasteiger partial charge in [-0.1, -0.05) is 71.3 Å². The fourth-order valence-electron chi connectivity index (χ4n) is 2.62. The molecule has 0 atom stereocenters. The van der Waals surface area contributed by atoms with E-state index >= 15 is 0 Å². The SMILES string of the molecule is C=C(C)C(=O)OCCNC(C)(C)CCCCCCCCCCC. The molecule has 0 rings (SSSR count). The van der Waals surface area contributed by atoms with Gasteiger partial charge in [0.15, 0.2) is 0 Å². The molecule has 0 fully saturated rings. The predicted octanol–water partition coefficient (Wildman–Crippen LogP) is 5.39. The van der Waals surface area contributed by atoms with Crippen molar-refractivity contribution in [1.29, 1.82) is 0 Å². The van der Waals surface area contributed by atoms with Gasteiger partial charge < -0.3 is 10.1 Å². The van der Waals surface area contributed by atoms with Gasteiger partial charge in [0.2, 0.25) is 0 Å². The minimum atomic E-state index is -0.302. The number of ether oxygens (including phenoxy) is 1. The van der Waals surface area contributed by atoms with E-state index in [0.29, 0.717) is 18.7 Å². The summed E-state index contributed by atoms with van der Waals surface area (Å²) in [4.78, 5) is 11.3. The summed E-state index contributed by atoms with van der Waals surface area (Å²) in [7, 11) is 0. The lowest BCUT2D eigenvalue weighted by Crippen LogP contribution is -2.41. The summed E-state index contributed by atoms with van der Waals surface area (Å²) >= 11 is 0. The zero-order chi connectivity index (χ0) is 17.6. The van der Waals surface area contributed by atoms with Crippen LogP contribution in [0.2, 0.25) is 0 Å². The average molecular weight is 326 g/mol. The highest BCUT2D eigenvalue weighted by atomic mass is 16.5. The summed E-state index contributed by atoms with van der Waals surface area (Å²) in [6.45, 7) is 13.1. The molecule has 0 radical (unpaired) electrons. The Morgan fingerprint density at radius 1 is 1.00 bits per heavy atom. The molecule has 0 spiro atoms. The minimum absolute atomic E-state index is 0.108. The largest absolute Gasteiger partial charge is 0.461 e. The molecule has 0 amide bonds. The Bertz CT molecular complexity index is 324. The number of rotatable bonds is 15. The van der Waals surface area contributed by atoms with Gasteiger partial charge in [-0.05, 0) is 27.2 Å². The molecule has 3 nitrogen and oxygen atoms in total. The molecule has 0 aromatic heterocycles. The minimum Gasteiger partial charge on any atom is -0.461 e. The summed E-state index contributed by atoms with van der Waals surface area (Å²) in [6.07, 6.45) is 13.4. The predicted molar refractivity (Wildman–Crippen MR) is 99.7 cm³/mol. The first kappa shape index (κ1) is 22.2. The number of hydrogen-bond acceptors (Lipinski definition) is 3. The summed E-state index contributed by atoms with van der Waals surface area (Å²) in [5.74, 6) is -0.302. The molecule has 0 unspecified atom stereocenters. The van der Waals surface area contributed by atoms with Gasteiger partial charge in [0.05, 0.1) is 0 Å². The standard InChI is InChI=1S/C20H39NO2/c1-6-7-8-9-10-11-12-13-14-15-20(4,5)21-16-17-23-19(22)18(2)3/h21H,2,6-17H2,1,3-5H3. The van der Waals surface area contributed by atoms with Crippen LogP contribution in [-0.4, -0.2) is 24.7 Å². The van der Waals surface area contributed by atoms with E-state index in [0.717, 1.165) is 6.42 Å². The molecular formula is C20H39NO2.